The van der Waals surface area contributed by atoms with Gasteiger partial charge in [0.25, 0.3) is 0 Å². The van der Waals surface area contributed by atoms with Crippen LogP contribution >= 0.6 is 11.3 Å². The molecule has 2 aromatic carbocycles. The molecule has 10 nitrogen and oxygen atoms in total. The number of fused-ring (bicyclic) bond motifs is 1. The molecule has 3 aromatic rings. The molecule has 4 rings (SSSR count). The number of anilines is 1. The number of nitrogens with two attached hydrogens (primary N) is 1. The maximum Gasteiger partial charge on any atom is 0.238 e. The Kier molecular flexibility index (Phi) is 8.46. The third-order valence-corrected chi connectivity index (χ3v) is 8.15. The molecule has 1 atom stereocenters. The molecule has 1 aliphatic rings. The van der Waals surface area contributed by atoms with E-state index in [4.69, 9.17) is 9.88 Å². The number of sulfonamides is 1. The van der Waals surface area contributed by atoms with Crippen molar-refractivity contribution in [2.75, 3.05) is 51.2 Å². The van der Waals surface area contributed by atoms with E-state index >= 15 is 0 Å². The van der Waals surface area contributed by atoms with E-state index in [-0.39, 0.29) is 24.0 Å². The lowest BCUT2D eigenvalue weighted by Gasteiger charge is -2.35. The Morgan fingerprint density at radius 1 is 1.14 bits per heavy atom. The van der Waals surface area contributed by atoms with Crippen LogP contribution in [0.4, 0.5) is 5.69 Å². The van der Waals surface area contributed by atoms with Gasteiger partial charge < -0.3 is 15.2 Å². The van der Waals surface area contributed by atoms with Gasteiger partial charge in [-0.25, -0.2) is 18.5 Å². The Labute approximate surface area is 221 Å². The first-order valence-corrected chi connectivity index (χ1v) is 14.4. The third-order valence-electron chi connectivity index (χ3n) is 6.31. The van der Waals surface area contributed by atoms with E-state index in [2.05, 4.69) is 20.1 Å². The highest BCUT2D eigenvalue weighted by Gasteiger charge is 2.22. The van der Waals surface area contributed by atoms with E-state index in [1.807, 2.05) is 25.1 Å². The van der Waals surface area contributed by atoms with Gasteiger partial charge in [-0.2, -0.15) is 0 Å². The number of carbonyl (C=O) groups excluding carboxylic acids is 1. The maximum absolute atomic E-state index is 12.7. The number of ether oxygens (including phenoxy) is 1. The molecule has 0 aliphatic carbocycles. The van der Waals surface area contributed by atoms with Crippen molar-refractivity contribution in [3.05, 3.63) is 46.5 Å². The molecule has 1 aliphatic heterocycles. The number of aryl methyl sites for hydroxylation is 3. The number of rotatable bonds is 9. The summed E-state index contributed by atoms with van der Waals surface area (Å²) in [5, 5.41) is 19.6. The van der Waals surface area contributed by atoms with E-state index in [1.165, 1.54) is 12.1 Å². The fourth-order valence-corrected chi connectivity index (χ4v) is 5.94. The van der Waals surface area contributed by atoms with Crippen LogP contribution in [0, 0.1) is 20.8 Å². The minimum atomic E-state index is -3.81. The number of β-amino-alcohol motifs (C(OH)–C–C–N with tert-alkyl or cyclic N) is 1. The Hall–Kier alpha value is -2.61. The van der Waals surface area contributed by atoms with E-state index < -0.39 is 16.1 Å². The van der Waals surface area contributed by atoms with Gasteiger partial charge in [-0.15, -0.1) is 11.3 Å². The van der Waals surface area contributed by atoms with Gasteiger partial charge in [0.1, 0.15) is 18.5 Å². The first kappa shape index (κ1) is 27.4. The van der Waals surface area contributed by atoms with Gasteiger partial charge in [0.15, 0.2) is 0 Å². The fraction of sp³-hybridized carbons (Fsp3) is 0.440. The van der Waals surface area contributed by atoms with Crippen LogP contribution in [0.1, 0.15) is 16.1 Å². The maximum atomic E-state index is 12.7. The van der Waals surface area contributed by atoms with Gasteiger partial charge in [0.2, 0.25) is 15.9 Å². The average Bonchev–Trinajstić information content (AvgIpc) is 3.20. The van der Waals surface area contributed by atoms with Crippen LogP contribution in [0.25, 0.3) is 10.2 Å². The van der Waals surface area contributed by atoms with Crippen molar-refractivity contribution in [3.8, 4) is 5.75 Å². The number of benzene rings is 2. The summed E-state index contributed by atoms with van der Waals surface area (Å²) in [5.41, 5.74) is 2.78. The van der Waals surface area contributed by atoms with E-state index in [0.29, 0.717) is 42.2 Å². The number of thiazole rings is 1. The van der Waals surface area contributed by atoms with Gasteiger partial charge in [-0.3, -0.25) is 14.6 Å². The molecular weight excluding hydrogens is 514 g/mol. The quantitative estimate of drug-likeness (QED) is 0.369. The highest BCUT2D eigenvalue weighted by molar-refractivity contribution is 7.89. The summed E-state index contributed by atoms with van der Waals surface area (Å²) in [7, 11) is -3.81. The molecule has 37 heavy (non-hydrogen) atoms. The lowest BCUT2D eigenvalue weighted by Crippen LogP contribution is -2.50. The third kappa shape index (κ3) is 7.24. The molecule has 1 aromatic heterocycles. The normalized spacial score (nSPS) is 16.1. The van der Waals surface area contributed by atoms with Gasteiger partial charge in [0.05, 0.1) is 26.7 Å². The van der Waals surface area contributed by atoms with Crippen LogP contribution in [-0.2, 0) is 14.8 Å². The zero-order valence-corrected chi connectivity index (χ0v) is 22.9. The SMILES string of the molecule is Cc1nc2cc(OC[C@@H](O)CN3CCN(CC(=O)Nc4c(C)cc(S(N)(=O)=O)cc4C)CC3)ccc2s1. The largest absolute Gasteiger partial charge is 0.491 e. The van der Waals surface area contributed by atoms with Crippen LogP contribution in [0.15, 0.2) is 35.2 Å². The molecule has 1 saturated heterocycles. The lowest BCUT2D eigenvalue weighted by molar-refractivity contribution is -0.117. The number of nitrogens with zero attached hydrogens (tertiary/aromatic N) is 3. The molecule has 1 amide bonds. The highest BCUT2D eigenvalue weighted by atomic mass is 32.2. The van der Waals surface area contributed by atoms with Crippen molar-refractivity contribution in [1.82, 2.24) is 14.8 Å². The Bertz CT molecular complexity index is 1360. The molecule has 0 unspecified atom stereocenters. The molecule has 0 saturated carbocycles. The van der Waals surface area contributed by atoms with Crippen LogP contribution in [0.5, 0.6) is 5.75 Å². The van der Waals surface area contributed by atoms with E-state index in [0.717, 1.165) is 28.3 Å². The first-order valence-electron chi connectivity index (χ1n) is 12.0. The van der Waals surface area contributed by atoms with Gasteiger partial charge in [0, 0.05) is 44.5 Å². The molecule has 2 heterocycles. The van der Waals surface area contributed by atoms with Gasteiger partial charge in [-0.1, -0.05) is 0 Å². The molecule has 1 fully saturated rings. The van der Waals surface area contributed by atoms with Crippen LogP contribution in [-0.4, -0.2) is 86.2 Å². The number of amides is 1. The van der Waals surface area contributed by atoms with Crippen molar-refractivity contribution in [2.45, 2.75) is 31.8 Å². The van der Waals surface area contributed by atoms with Crippen molar-refractivity contribution >= 4 is 43.2 Å². The second-order valence-electron chi connectivity index (χ2n) is 9.43. The minimum absolute atomic E-state index is 0.0276. The number of piperazine rings is 1. The van der Waals surface area contributed by atoms with Crippen LogP contribution in [0.2, 0.25) is 0 Å². The number of nitrogens with one attached hydrogen (secondary N) is 1. The van der Waals surface area contributed by atoms with Gasteiger partial charge >= 0.3 is 0 Å². The summed E-state index contributed by atoms with van der Waals surface area (Å²) in [6.45, 7) is 9.23. The summed E-state index contributed by atoms with van der Waals surface area (Å²) < 4.78 is 30.2. The lowest BCUT2D eigenvalue weighted by atomic mass is 10.1. The fourth-order valence-electron chi connectivity index (χ4n) is 4.45. The molecule has 0 spiro atoms. The predicted molar refractivity (Wildman–Crippen MR) is 145 cm³/mol. The smallest absolute Gasteiger partial charge is 0.238 e. The summed E-state index contributed by atoms with van der Waals surface area (Å²) in [4.78, 5) is 21.4. The number of hydrogen-bond donors (Lipinski definition) is 3. The van der Waals surface area contributed by atoms with Crippen molar-refractivity contribution in [1.29, 1.82) is 0 Å². The standard InChI is InChI=1S/C25H33N5O5S2/c1-16-10-21(37(26,33)34)11-17(2)25(16)28-24(32)14-30-8-6-29(7-9-30)13-19(31)15-35-20-4-5-23-22(12-20)27-18(3)36-23/h4-5,10-12,19,31H,6-9,13-15H2,1-3H3,(H,28,32)(H2,26,33,34)/t19-/m0/s1. The Morgan fingerprint density at radius 3 is 2.43 bits per heavy atom. The van der Waals surface area contributed by atoms with Crippen molar-refractivity contribution < 1.29 is 23.1 Å². The number of hydrogen-bond acceptors (Lipinski definition) is 9. The second-order valence-corrected chi connectivity index (χ2v) is 12.2. The van der Waals surface area contributed by atoms with E-state index in [1.54, 1.807) is 25.2 Å². The van der Waals surface area contributed by atoms with Crippen molar-refractivity contribution in [2.24, 2.45) is 5.14 Å². The van der Waals surface area contributed by atoms with Gasteiger partial charge in [-0.05, 0) is 56.2 Å². The van der Waals surface area contributed by atoms with Crippen LogP contribution < -0.4 is 15.2 Å². The minimum Gasteiger partial charge on any atom is -0.491 e. The predicted octanol–water partition coefficient (Wildman–Crippen LogP) is 1.86. The Morgan fingerprint density at radius 2 is 1.78 bits per heavy atom. The average molecular weight is 548 g/mol. The zero-order chi connectivity index (χ0) is 26.7. The molecule has 0 bridgehead atoms. The zero-order valence-electron chi connectivity index (χ0n) is 21.2. The summed E-state index contributed by atoms with van der Waals surface area (Å²) in [6, 6.07) is 8.70. The molecular formula is C25H33N5O5S2. The summed E-state index contributed by atoms with van der Waals surface area (Å²) in [6.07, 6.45) is -0.631. The first-order chi connectivity index (χ1) is 17.5. The highest BCUT2D eigenvalue weighted by Crippen LogP contribution is 2.26. The number of aliphatic hydroxyl groups excluding tert-OH is 1. The van der Waals surface area contributed by atoms with Crippen LogP contribution in [0.3, 0.4) is 0 Å². The number of primary sulfonamides is 1. The van der Waals surface area contributed by atoms with Crippen molar-refractivity contribution in [3.63, 3.8) is 0 Å². The van der Waals surface area contributed by atoms with E-state index in [9.17, 15) is 18.3 Å². The molecule has 0 radical (unpaired) electrons. The number of aliphatic hydroxyl groups is 1. The number of aromatic nitrogens is 1. The summed E-state index contributed by atoms with van der Waals surface area (Å²) >= 11 is 1.64. The molecule has 200 valence electrons. The monoisotopic (exact) mass is 547 g/mol. The number of carbonyl (C=O) groups is 1. The second kappa shape index (κ2) is 11.4. The Balaban J connectivity index is 1.20. The molecule has 4 N–H and O–H groups in total. The molecule has 12 heteroatoms. The summed E-state index contributed by atoms with van der Waals surface area (Å²) in [5.74, 6) is 0.529. The topological polar surface area (TPSA) is 138 Å².